The van der Waals surface area contributed by atoms with Crippen LogP contribution in [0.2, 0.25) is 5.15 Å². The molecule has 3 aromatic rings. The summed E-state index contributed by atoms with van der Waals surface area (Å²) >= 11 is 5.76. The van der Waals surface area contributed by atoms with E-state index in [-0.39, 0.29) is 17.5 Å². The van der Waals surface area contributed by atoms with E-state index in [1.54, 1.807) is 19.1 Å². The van der Waals surface area contributed by atoms with Gasteiger partial charge in [0.2, 0.25) is 5.91 Å². The number of halogens is 4. The molecule has 0 fully saturated rings. The molecule has 1 aromatic carbocycles. The Morgan fingerprint density at radius 3 is 2.68 bits per heavy atom. The van der Waals surface area contributed by atoms with Crippen molar-refractivity contribution in [3.05, 3.63) is 63.9 Å². The van der Waals surface area contributed by atoms with Crippen LogP contribution >= 0.6 is 11.6 Å². The standard InChI is InChI=1S/C18H13ClF3N5O/c1-9-16-12(10-3-2-4-11(7-10)18(20,21)22)8-15(28)23-17(16)27(26-9)14-6-5-13(19)24-25-14/h2-7,12H,8H2,1H3,(H,23,28). The van der Waals surface area contributed by atoms with Crippen LogP contribution in [-0.2, 0) is 11.0 Å². The number of hydrogen-bond acceptors (Lipinski definition) is 4. The lowest BCUT2D eigenvalue weighted by atomic mass is 9.85. The van der Waals surface area contributed by atoms with E-state index in [4.69, 9.17) is 11.6 Å². The minimum atomic E-state index is -4.46. The third-order valence-electron chi connectivity index (χ3n) is 4.55. The molecule has 6 nitrogen and oxygen atoms in total. The summed E-state index contributed by atoms with van der Waals surface area (Å²) in [6.07, 6.45) is -4.44. The van der Waals surface area contributed by atoms with E-state index in [0.717, 1.165) is 12.1 Å². The summed E-state index contributed by atoms with van der Waals surface area (Å²) in [7, 11) is 0. The number of rotatable bonds is 2. The van der Waals surface area contributed by atoms with Crippen LogP contribution in [0.15, 0.2) is 36.4 Å². The fourth-order valence-electron chi connectivity index (χ4n) is 3.35. The Labute approximate surface area is 162 Å². The van der Waals surface area contributed by atoms with Crippen LogP contribution in [0.25, 0.3) is 5.82 Å². The SMILES string of the molecule is Cc1nn(-c2ccc(Cl)nn2)c2c1C(c1cccc(C(F)(F)F)c1)CC(=O)N2. The molecule has 0 spiro atoms. The van der Waals surface area contributed by atoms with Crippen molar-refractivity contribution >= 4 is 23.3 Å². The van der Waals surface area contributed by atoms with Gasteiger partial charge in [0.25, 0.3) is 0 Å². The molecule has 1 aliphatic heterocycles. The number of hydrogen-bond donors (Lipinski definition) is 1. The van der Waals surface area contributed by atoms with Gasteiger partial charge in [0.15, 0.2) is 11.0 Å². The summed E-state index contributed by atoms with van der Waals surface area (Å²) in [5.41, 5.74) is 0.867. The molecule has 0 radical (unpaired) electrons. The first-order valence-corrected chi connectivity index (χ1v) is 8.68. The second-order valence-electron chi connectivity index (χ2n) is 6.40. The number of fused-ring (bicyclic) bond motifs is 1. The predicted octanol–water partition coefficient (Wildman–Crippen LogP) is 4.12. The van der Waals surface area contributed by atoms with Gasteiger partial charge < -0.3 is 5.32 Å². The molecule has 28 heavy (non-hydrogen) atoms. The molecule has 1 N–H and O–H groups in total. The minimum absolute atomic E-state index is 0.0210. The fourth-order valence-corrected chi connectivity index (χ4v) is 3.45. The third kappa shape index (κ3) is 3.22. The second-order valence-corrected chi connectivity index (χ2v) is 6.79. The Bertz CT molecular complexity index is 1060. The van der Waals surface area contributed by atoms with E-state index in [2.05, 4.69) is 20.6 Å². The Kier molecular flexibility index (Phi) is 4.34. The van der Waals surface area contributed by atoms with Crippen molar-refractivity contribution in [2.24, 2.45) is 0 Å². The average molecular weight is 408 g/mol. The van der Waals surface area contributed by atoms with Gasteiger partial charge in [-0.25, -0.2) is 0 Å². The third-order valence-corrected chi connectivity index (χ3v) is 4.76. The molecule has 0 saturated heterocycles. The Balaban J connectivity index is 1.84. The normalized spacial score (nSPS) is 16.6. The van der Waals surface area contributed by atoms with E-state index in [1.165, 1.54) is 16.8 Å². The zero-order chi connectivity index (χ0) is 20.1. The number of amides is 1. The predicted molar refractivity (Wildman–Crippen MR) is 95.4 cm³/mol. The molecular weight excluding hydrogens is 395 g/mol. The summed E-state index contributed by atoms with van der Waals surface area (Å²) in [4.78, 5) is 12.3. The van der Waals surface area contributed by atoms with Crippen LogP contribution in [-0.4, -0.2) is 25.9 Å². The number of nitrogens with one attached hydrogen (secondary N) is 1. The lowest BCUT2D eigenvalue weighted by molar-refractivity contribution is -0.137. The number of aromatic nitrogens is 4. The molecule has 10 heteroatoms. The molecule has 1 amide bonds. The van der Waals surface area contributed by atoms with Crippen molar-refractivity contribution in [1.29, 1.82) is 0 Å². The van der Waals surface area contributed by atoms with Crippen molar-refractivity contribution in [3.8, 4) is 5.82 Å². The highest BCUT2D eigenvalue weighted by Crippen LogP contribution is 2.41. The van der Waals surface area contributed by atoms with Crippen LogP contribution in [0.3, 0.4) is 0 Å². The van der Waals surface area contributed by atoms with Crippen molar-refractivity contribution in [2.75, 3.05) is 5.32 Å². The zero-order valence-corrected chi connectivity index (χ0v) is 15.2. The molecule has 0 bridgehead atoms. The summed E-state index contributed by atoms with van der Waals surface area (Å²) in [5.74, 6) is -0.176. The van der Waals surface area contributed by atoms with Gasteiger partial charge in [0, 0.05) is 17.9 Å². The maximum absolute atomic E-state index is 13.1. The van der Waals surface area contributed by atoms with Crippen LogP contribution < -0.4 is 5.32 Å². The minimum Gasteiger partial charge on any atom is -0.310 e. The number of alkyl halides is 3. The lowest BCUT2D eigenvalue weighted by Gasteiger charge is -2.24. The molecule has 1 atom stereocenters. The highest BCUT2D eigenvalue weighted by molar-refractivity contribution is 6.29. The maximum Gasteiger partial charge on any atom is 0.416 e. The second kappa shape index (κ2) is 6.59. The number of aryl methyl sites for hydroxylation is 1. The number of benzene rings is 1. The topological polar surface area (TPSA) is 72.7 Å². The molecule has 1 unspecified atom stereocenters. The fraction of sp³-hybridized carbons (Fsp3) is 0.222. The van der Waals surface area contributed by atoms with Crippen LogP contribution in [0, 0.1) is 6.92 Å². The van der Waals surface area contributed by atoms with E-state index in [0.29, 0.717) is 28.5 Å². The molecule has 0 saturated carbocycles. The van der Waals surface area contributed by atoms with E-state index >= 15 is 0 Å². The molecule has 4 rings (SSSR count). The van der Waals surface area contributed by atoms with Crippen LogP contribution in [0.5, 0.6) is 0 Å². The van der Waals surface area contributed by atoms with E-state index < -0.39 is 17.7 Å². The summed E-state index contributed by atoms with van der Waals surface area (Å²) in [6.45, 7) is 1.73. The molecule has 1 aliphatic rings. The Morgan fingerprint density at radius 1 is 1.21 bits per heavy atom. The van der Waals surface area contributed by atoms with Crippen LogP contribution in [0.4, 0.5) is 19.0 Å². The highest BCUT2D eigenvalue weighted by Gasteiger charge is 2.35. The summed E-state index contributed by atoms with van der Waals surface area (Å²) in [5, 5.41) is 15.1. The van der Waals surface area contributed by atoms with Gasteiger partial charge in [-0.15, -0.1) is 10.2 Å². The van der Waals surface area contributed by atoms with Crippen LogP contribution in [0.1, 0.15) is 34.7 Å². The molecule has 0 aliphatic carbocycles. The summed E-state index contributed by atoms with van der Waals surface area (Å²) in [6, 6.07) is 8.12. The molecular formula is C18H13ClF3N5O. The quantitative estimate of drug-likeness (QED) is 0.693. The monoisotopic (exact) mass is 407 g/mol. The smallest absolute Gasteiger partial charge is 0.310 e. The lowest BCUT2D eigenvalue weighted by Crippen LogP contribution is -2.25. The van der Waals surface area contributed by atoms with E-state index in [9.17, 15) is 18.0 Å². The number of nitrogens with zero attached hydrogens (tertiary/aromatic N) is 4. The Morgan fingerprint density at radius 2 is 2.00 bits per heavy atom. The average Bonchev–Trinajstić information content (AvgIpc) is 2.97. The maximum atomic E-state index is 13.1. The first-order valence-electron chi connectivity index (χ1n) is 8.30. The number of carbonyl (C=O) groups is 1. The van der Waals surface area contributed by atoms with Gasteiger partial charge in [0.1, 0.15) is 5.82 Å². The van der Waals surface area contributed by atoms with Gasteiger partial charge in [-0.05, 0) is 30.7 Å². The van der Waals surface area contributed by atoms with Crippen molar-refractivity contribution in [2.45, 2.75) is 25.4 Å². The molecule has 144 valence electrons. The highest BCUT2D eigenvalue weighted by atomic mass is 35.5. The van der Waals surface area contributed by atoms with E-state index in [1.807, 2.05) is 0 Å². The summed E-state index contributed by atoms with van der Waals surface area (Å²) < 4.78 is 40.8. The van der Waals surface area contributed by atoms with Gasteiger partial charge in [-0.2, -0.15) is 23.0 Å². The molecule has 3 heterocycles. The van der Waals surface area contributed by atoms with Crippen molar-refractivity contribution in [1.82, 2.24) is 20.0 Å². The molecule has 2 aromatic heterocycles. The van der Waals surface area contributed by atoms with Gasteiger partial charge in [0.05, 0.1) is 11.3 Å². The Hall–Kier alpha value is -2.94. The van der Waals surface area contributed by atoms with Crippen molar-refractivity contribution in [3.63, 3.8) is 0 Å². The van der Waals surface area contributed by atoms with Gasteiger partial charge >= 0.3 is 6.18 Å². The van der Waals surface area contributed by atoms with Crippen molar-refractivity contribution < 1.29 is 18.0 Å². The first-order chi connectivity index (χ1) is 13.2. The number of carbonyl (C=O) groups excluding carboxylic acids is 1. The first kappa shape index (κ1) is 18.4. The largest absolute Gasteiger partial charge is 0.416 e. The van der Waals surface area contributed by atoms with Gasteiger partial charge in [-0.3, -0.25) is 4.79 Å². The number of anilines is 1. The van der Waals surface area contributed by atoms with Gasteiger partial charge in [-0.1, -0.05) is 29.8 Å². The zero-order valence-electron chi connectivity index (χ0n) is 14.5.